The van der Waals surface area contributed by atoms with Gasteiger partial charge in [-0.05, 0) is 71.9 Å². The average Bonchev–Trinajstić information content (AvgIpc) is 3.36. The number of methoxy groups -OCH3 is 1. The Morgan fingerprint density at radius 3 is 2.49 bits per heavy atom. The van der Waals surface area contributed by atoms with Crippen LogP contribution in [0.4, 0.5) is 0 Å². The number of benzene rings is 3. The normalized spacial score (nSPS) is 11.1. The molecule has 11 heteroatoms. The van der Waals surface area contributed by atoms with Gasteiger partial charge in [0.2, 0.25) is 5.16 Å². The molecule has 0 amide bonds. The van der Waals surface area contributed by atoms with Crippen molar-refractivity contribution in [2.45, 2.75) is 11.8 Å². The summed E-state index contributed by atoms with van der Waals surface area (Å²) in [6, 6.07) is 19.0. The minimum atomic E-state index is -1.17. The van der Waals surface area contributed by atoms with Gasteiger partial charge < -0.3 is 14.6 Å². The molecular weight excluding hydrogens is 535 g/mol. The smallest absolute Gasteiger partial charge is 0.342 e. The van der Waals surface area contributed by atoms with E-state index in [-0.39, 0.29) is 16.7 Å². The fraction of sp³-hybridized carbons (Fsp3) is 0.0769. The van der Waals surface area contributed by atoms with Crippen molar-refractivity contribution in [3.05, 3.63) is 92.3 Å². The first-order chi connectivity index (χ1) is 17.9. The van der Waals surface area contributed by atoms with E-state index in [4.69, 9.17) is 37.9 Å². The molecule has 4 rings (SSSR count). The lowest BCUT2D eigenvalue weighted by Gasteiger charge is -2.11. The van der Waals surface area contributed by atoms with Gasteiger partial charge in [0, 0.05) is 15.6 Å². The Labute approximate surface area is 226 Å². The highest BCUT2D eigenvalue weighted by molar-refractivity contribution is 8.04. The van der Waals surface area contributed by atoms with Crippen molar-refractivity contribution in [1.82, 2.24) is 15.2 Å². The second-order valence-electron chi connectivity index (χ2n) is 7.51. The minimum Gasteiger partial charge on any atom is -0.496 e. The molecule has 0 radical (unpaired) electrons. The summed E-state index contributed by atoms with van der Waals surface area (Å²) >= 11 is 13.2. The first kappa shape index (κ1) is 26.1. The Bertz CT molecular complexity index is 1510. The van der Waals surface area contributed by atoms with Crippen LogP contribution in [-0.4, -0.2) is 33.4 Å². The zero-order chi connectivity index (χ0) is 26.4. The zero-order valence-corrected chi connectivity index (χ0v) is 21.6. The van der Waals surface area contributed by atoms with Crippen molar-refractivity contribution in [2.24, 2.45) is 0 Å². The van der Waals surface area contributed by atoms with E-state index in [0.29, 0.717) is 44.1 Å². The van der Waals surface area contributed by atoms with Gasteiger partial charge in [-0.15, -0.1) is 5.10 Å². The van der Waals surface area contributed by atoms with Crippen molar-refractivity contribution in [3.63, 3.8) is 0 Å². The van der Waals surface area contributed by atoms with Gasteiger partial charge in [-0.2, -0.15) is 5.26 Å². The quantitative estimate of drug-likeness (QED) is 0.179. The van der Waals surface area contributed by atoms with Crippen molar-refractivity contribution in [2.75, 3.05) is 7.11 Å². The molecule has 0 atom stereocenters. The van der Waals surface area contributed by atoms with Gasteiger partial charge in [0.05, 0.1) is 24.3 Å². The predicted molar refractivity (Wildman–Crippen MR) is 142 cm³/mol. The number of nitrogens with one attached hydrogen (secondary N) is 1. The molecule has 0 bridgehead atoms. The molecule has 37 heavy (non-hydrogen) atoms. The summed E-state index contributed by atoms with van der Waals surface area (Å²) in [5.74, 6) is 0.178. The number of aromatic nitrogens is 3. The molecule has 4 aromatic rings. The molecule has 0 aliphatic carbocycles. The Morgan fingerprint density at radius 1 is 1.11 bits per heavy atom. The molecule has 0 aliphatic heterocycles. The highest BCUT2D eigenvalue weighted by atomic mass is 35.5. The van der Waals surface area contributed by atoms with E-state index < -0.39 is 5.97 Å². The molecule has 2 N–H and O–H groups in total. The molecule has 0 unspecified atom stereocenters. The number of hydrogen-bond acceptors (Lipinski definition) is 7. The summed E-state index contributed by atoms with van der Waals surface area (Å²) in [5.41, 5.74) is 2.45. The fourth-order valence-electron chi connectivity index (χ4n) is 3.25. The standard InChI is InChI=1S/C26H18Cl2N4O4S/c1-35-22-9-7-19(28)12-20(22)24-30-26(32-31-24)37-23(25(33)34)11-17-10-18(27)6-8-21(17)36-14-16-4-2-15(13-29)3-5-16/h2-12H,14H2,1H3,(H,33,34)(H,30,31,32)/b23-11-. The number of nitrogens with zero attached hydrogens (tertiary/aromatic N) is 3. The van der Waals surface area contributed by atoms with Crippen molar-refractivity contribution < 1.29 is 19.4 Å². The fourth-order valence-corrected chi connectivity index (χ4v) is 4.30. The molecule has 0 aliphatic rings. The van der Waals surface area contributed by atoms with E-state index in [1.54, 1.807) is 60.7 Å². The van der Waals surface area contributed by atoms with Crippen LogP contribution in [0.25, 0.3) is 17.5 Å². The van der Waals surface area contributed by atoms with Crippen LogP contribution in [-0.2, 0) is 11.4 Å². The van der Waals surface area contributed by atoms with Gasteiger partial charge in [0.25, 0.3) is 0 Å². The third-order valence-corrected chi connectivity index (χ3v) is 6.38. The third-order valence-electron chi connectivity index (χ3n) is 5.03. The lowest BCUT2D eigenvalue weighted by molar-refractivity contribution is -0.131. The van der Waals surface area contributed by atoms with Gasteiger partial charge in [0.15, 0.2) is 5.82 Å². The lowest BCUT2D eigenvalue weighted by Crippen LogP contribution is -2.00. The van der Waals surface area contributed by atoms with Crippen LogP contribution in [0, 0.1) is 11.3 Å². The van der Waals surface area contributed by atoms with Crippen LogP contribution in [0.3, 0.4) is 0 Å². The molecule has 0 fully saturated rings. The summed E-state index contributed by atoms with van der Waals surface area (Å²) in [4.78, 5) is 16.4. The highest BCUT2D eigenvalue weighted by Crippen LogP contribution is 2.34. The number of carboxylic acid groups (broad SMARTS) is 1. The maximum absolute atomic E-state index is 12.1. The largest absolute Gasteiger partial charge is 0.496 e. The summed E-state index contributed by atoms with van der Waals surface area (Å²) in [6.07, 6.45) is 1.45. The number of hydrogen-bond donors (Lipinski definition) is 2. The van der Waals surface area contributed by atoms with Crippen LogP contribution in [0.5, 0.6) is 11.5 Å². The number of aromatic amines is 1. The maximum atomic E-state index is 12.1. The number of carboxylic acids is 1. The number of H-pyrrole nitrogens is 1. The lowest BCUT2D eigenvalue weighted by atomic mass is 10.1. The Hall–Kier alpha value is -3.97. The summed E-state index contributed by atoms with van der Waals surface area (Å²) < 4.78 is 11.3. The van der Waals surface area contributed by atoms with Gasteiger partial charge in [-0.25, -0.2) is 9.78 Å². The second kappa shape index (κ2) is 11.8. The van der Waals surface area contributed by atoms with E-state index in [2.05, 4.69) is 21.3 Å². The molecule has 3 aromatic carbocycles. The monoisotopic (exact) mass is 552 g/mol. The second-order valence-corrected chi connectivity index (χ2v) is 9.39. The van der Waals surface area contributed by atoms with Crippen molar-refractivity contribution >= 4 is 47.0 Å². The number of thioether (sulfide) groups is 1. The van der Waals surface area contributed by atoms with Crippen LogP contribution in [0.1, 0.15) is 16.7 Å². The first-order valence-corrected chi connectivity index (χ1v) is 12.2. The molecule has 0 saturated heterocycles. The van der Waals surface area contributed by atoms with Gasteiger partial charge in [0.1, 0.15) is 23.0 Å². The number of carbonyl (C=O) groups is 1. The van der Waals surface area contributed by atoms with Crippen LogP contribution in [0.15, 0.2) is 70.7 Å². The minimum absolute atomic E-state index is 0.0471. The molecule has 0 saturated carbocycles. The molecule has 8 nitrogen and oxygen atoms in total. The maximum Gasteiger partial charge on any atom is 0.342 e. The summed E-state index contributed by atoms with van der Waals surface area (Å²) in [7, 11) is 1.52. The first-order valence-electron chi connectivity index (χ1n) is 10.7. The topological polar surface area (TPSA) is 121 Å². The molecule has 1 aromatic heterocycles. The third kappa shape index (κ3) is 6.62. The molecule has 186 valence electrons. The SMILES string of the molecule is COc1ccc(Cl)cc1-c1nc(S/C(=C\c2cc(Cl)ccc2OCc2ccc(C#N)cc2)C(=O)O)n[nH]1. The van der Waals surface area contributed by atoms with Crippen LogP contribution >= 0.6 is 35.0 Å². The van der Waals surface area contributed by atoms with Gasteiger partial charge in [-0.1, -0.05) is 35.3 Å². The van der Waals surface area contributed by atoms with Crippen molar-refractivity contribution in [3.8, 4) is 29.0 Å². The number of ether oxygens (including phenoxy) is 2. The Balaban J connectivity index is 1.58. The van der Waals surface area contributed by atoms with Gasteiger partial charge in [-0.3, -0.25) is 5.10 Å². The predicted octanol–water partition coefficient (Wildman–Crippen LogP) is 6.46. The van der Waals surface area contributed by atoms with E-state index in [1.807, 2.05) is 0 Å². The average molecular weight is 553 g/mol. The molecule has 0 spiro atoms. The van der Waals surface area contributed by atoms with E-state index in [0.717, 1.165) is 17.3 Å². The van der Waals surface area contributed by atoms with Gasteiger partial charge >= 0.3 is 5.97 Å². The van der Waals surface area contributed by atoms with Crippen LogP contribution < -0.4 is 9.47 Å². The van der Waals surface area contributed by atoms with E-state index in [9.17, 15) is 9.90 Å². The number of aliphatic carboxylic acids is 1. The van der Waals surface area contributed by atoms with E-state index >= 15 is 0 Å². The van der Waals surface area contributed by atoms with E-state index in [1.165, 1.54) is 13.2 Å². The molecular formula is C26H18Cl2N4O4S. The Morgan fingerprint density at radius 2 is 1.81 bits per heavy atom. The number of rotatable bonds is 9. The number of halogens is 2. The number of nitriles is 1. The Kier molecular flexibility index (Phi) is 8.36. The zero-order valence-electron chi connectivity index (χ0n) is 19.2. The summed E-state index contributed by atoms with van der Waals surface area (Å²) in [6.45, 7) is 0.218. The summed E-state index contributed by atoms with van der Waals surface area (Å²) in [5, 5.41) is 26.8. The van der Waals surface area contributed by atoms with Crippen LogP contribution in [0.2, 0.25) is 10.0 Å². The molecule has 1 heterocycles. The van der Waals surface area contributed by atoms with Crippen molar-refractivity contribution in [1.29, 1.82) is 5.26 Å². The highest BCUT2D eigenvalue weighted by Gasteiger charge is 2.17.